The van der Waals surface area contributed by atoms with E-state index in [-0.39, 0.29) is 17.8 Å². The molecular weight excluding hydrogens is 432 g/mol. The van der Waals surface area contributed by atoms with Crippen LogP contribution < -0.4 is 5.32 Å². The van der Waals surface area contributed by atoms with Gasteiger partial charge in [0, 0.05) is 11.1 Å². The molecule has 0 bridgehead atoms. The number of benzene rings is 2. The van der Waals surface area contributed by atoms with Crippen LogP contribution in [-0.4, -0.2) is 39.1 Å². The number of aliphatic carboxylic acids is 1. The lowest BCUT2D eigenvalue weighted by molar-refractivity contribution is -0.141. The molecule has 4 N–H and O–H groups in total. The minimum Gasteiger partial charge on any atom is -0.481 e. The van der Waals surface area contributed by atoms with E-state index in [2.05, 4.69) is 10.3 Å². The van der Waals surface area contributed by atoms with Crippen molar-refractivity contribution >= 4 is 29.4 Å². The van der Waals surface area contributed by atoms with Crippen LogP contribution in [-0.2, 0) is 11.2 Å². The lowest BCUT2D eigenvalue weighted by Gasteiger charge is -2.21. The summed E-state index contributed by atoms with van der Waals surface area (Å²) in [6.07, 6.45) is 0.648. The largest absolute Gasteiger partial charge is 0.481 e. The molecule has 0 saturated heterocycles. The summed E-state index contributed by atoms with van der Waals surface area (Å²) in [5.41, 5.74) is 2.91. The SMILES string of the molecule is C[C@H](CC(Cc1ccc(-c2cccc(Cl)c2)cc1)NC(=O)c1ccc(C(=O)O)[nH]1)C(=O)O. The van der Waals surface area contributed by atoms with E-state index in [1.54, 1.807) is 13.0 Å². The molecule has 1 amide bonds. The normalized spacial score (nSPS) is 12.7. The van der Waals surface area contributed by atoms with Gasteiger partial charge in [0.2, 0.25) is 0 Å². The highest BCUT2D eigenvalue weighted by molar-refractivity contribution is 6.30. The van der Waals surface area contributed by atoms with E-state index in [4.69, 9.17) is 16.7 Å². The summed E-state index contributed by atoms with van der Waals surface area (Å²) in [7, 11) is 0. The van der Waals surface area contributed by atoms with Crippen molar-refractivity contribution in [2.75, 3.05) is 0 Å². The Labute approximate surface area is 190 Å². The first-order valence-electron chi connectivity index (χ1n) is 10.0. The molecule has 3 rings (SSSR count). The highest BCUT2D eigenvalue weighted by Gasteiger charge is 2.22. The number of nitrogens with one attached hydrogen (secondary N) is 2. The third-order valence-electron chi connectivity index (χ3n) is 5.15. The summed E-state index contributed by atoms with van der Waals surface area (Å²) in [4.78, 5) is 37.5. The minimum atomic E-state index is -1.17. The van der Waals surface area contributed by atoms with Gasteiger partial charge >= 0.3 is 11.9 Å². The van der Waals surface area contributed by atoms with Gasteiger partial charge in [0.15, 0.2) is 0 Å². The van der Waals surface area contributed by atoms with Crippen molar-refractivity contribution in [1.82, 2.24) is 10.3 Å². The number of rotatable bonds is 9. The molecule has 7 nitrogen and oxygen atoms in total. The lowest BCUT2D eigenvalue weighted by atomic mass is 9.95. The lowest BCUT2D eigenvalue weighted by Crippen LogP contribution is -2.38. The van der Waals surface area contributed by atoms with Crippen molar-refractivity contribution in [1.29, 1.82) is 0 Å². The Morgan fingerprint density at radius 2 is 1.66 bits per heavy atom. The van der Waals surface area contributed by atoms with Crippen molar-refractivity contribution < 1.29 is 24.6 Å². The van der Waals surface area contributed by atoms with Crippen LogP contribution in [0, 0.1) is 5.92 Å². The summed E-state index contributed by atoms with van der Waals surface area (Å²) in [5.74, 6) is -3.27. The fraction of sp³-hybridized carbons (Fsp3) is 0.208. The molecule has 2 atom stereocenters. The molecular formula is C24H23ClN2O5. The van der Waals surface area contributed by atoms with Crippen LogP contribution in [0.2, 0.25) is 5.02 Å². The van der Waals surface area contributed by atoms with Gasteiger partial charge < -0.3 is 20.5 Å². The summed E-state index contributed by atoms with van der Waals surface area (Å²) in [6.45, 7) is 1.58. The van der Waals surface area contributed by atoms with Gasteiger partial charge in [-0.2, -0.15) is 0 Å². The van der Waals surface area contributed by atoms with Crippen molar-refractivity contribution in [3.63, 3.8) is 0 Å². The Bertz CT molecular complexity index is 1120. The second-order valence-electron chi connectivity index (χ2n) is 7.65. The van der Waals surface area contributed by atoms with Crippen LogP contribution in [0.25, 0.3) is 11.1 Å². The summed E-state index contributed by atoms with van der Waals surface area (Å²) >= 11 is 6.06. The van der Waals surface area contributed by atoms with Crippen LogP contribution in [0.4, 0.5) is 0 Å². The molecule has 0 saturated carbocycles. The van der Waals surface area contributed by atoms with Crippen molar-refractivity contribution in [2.45, 2.75) is 25.8 Å². The van der Waals surface area contributed by atoms with Gasteiger partial charge in [0.05, 0.1) is 5.92 Å². The Kier molecular flexibility index (Phi) is 7.33. The van der Waals surface area contributed by atoms with E-state index in [9.17, 15) is 19.5 Å². The number of carboxylic acid groups (broad SMARTS) is 2. The smallest absolute Gasteiger partial charge is 0.352 e. The molecule has 1 aromatic heterocycles. The molecule has 166 valence electrons. The molecule has 2 aromatic carbocycles. The number of carbonyl (C=O) groups excluding carboxylic acids is 1. The molecule has 1 unspecified atom stereocenters. The summed E-state index contributed by atoms with van der Waals surface area (Å²) < 4.78 is 0. The molecule has 0 fully saturated rings. The summed E-state index contributed by atoms with van der Waals surface area (Å²) in [5, 5.41) is 21.8. The number of aromatic carboxylic acids is 1. The first kappa shape index (κ1) is 23.1. The third kappa shape index (κ3) is 5.98. The van der Waals surface area contributed by atoms with Crippen molar-refractivity contribution in [2.24, 2.45) is 5.92 Å². The van der Waals surface area contributed by atoms with E-state index in [0.29, 0.717) is 11.4 Å². The Morgan fingerprint density at radius 1 is 0.969 bits per heavy atom. The van der Waals surface area contributed by atoms with E-state index < -0.39 is 29.8 Å². The molecule has 0 radical (unpaired) electrons. The first-order valence-corrected chi connectivity index (χ1v) is 10.4. The zero-order valence-corrected chi connectivity index (χ0v) is 18.1. The molecule has 8 heteroatoms. The quantitative estimate of drug-likeness (QED) is 0.380. The van der Waals surface area contributed by atoms with Gasteiger partial charge in [-0.25, -0.2) is 4.79 Å². The van der Waals surface area contributed by atoms with Gasteiger partial charge in [0.25, 0.3) is 5.91 Å². The van der Waals surface area contributed by atoms with Crippen molar-refractivity contribution in [3.05, 3.63) is 82.6 Å². The number of carbonyl (C=O) groups is 3. The number of aromatic amines is 1. The maximum Gasteiger partial charge on any atom is 0.352 e. The van der Waals surface area contributed by atoms with Crippen LogP contribution in [0.1, 0.15) is 39.9 Å². The second kappa shape index (κ2) is 10.2. The molecule has 0 spiro atoms. The van der Waals surface area contributed by atoms with Crippen LogP contribution in [0.5, 0.6) is 0 Å². The first-order chi connectivity index (χ1) is 15.2. The standard InChI is InChI=1S/C24H23ClN2O5/c1-14(23(29)30)11-19(26-22(28)20-9-10-21(27-20)24(31)32)12-15-5-7-16(8-6-15)17-3-2-4-18(25)13-17/h2-10,13-14,19,27H,11-12H2,1H3,(H,26,28)(H,29,30)(H,31,32)/t14-,19?/m1/s1. The second-order valence-corrected chi connectivity index (χ2v) is 8.08. The Balaban J connectivity index is 1.75. The monoisotopic (exact) mass is 454 g/mol. The Morgan fingerprint density at radius 3 is 2.25 bits per heavy atom. The Hall–Kier alpha value is -3.58. The highest BCUT2D eigenvalue weighted by atomic mass is 35.5. The van der Waals surface area contributed by atoms with E-state index >= 15 is 0 Å². The molecule has 0 aliphatic heterocycles. The molecule has 32 heavy (non-hydrogen) atoms. The van der Waals surface area contributed by atoms with Crippen molar-refractivity contribution in [3.8, 4) is 11.1 Å². The summed E-state index contributed by atoms with van der Waals surface area (Å²) in [6, 6.07) is 17.5. The van der Waals surface area contributed by atoms with E-state index in [1.165, 1.54) is 12.1 Å². The maximum atomic E-state index is 12.6. The fourth-order valence-electron chi connectivity index (χ4n) is 3.42. The number of aromatic nitrogens is 1. The zero-order chi connectivity index (χ0) is 23.3. The van der Waals surface area contributed by atoms with Gasteiger partial charge in [0.1, 0.15) is 11.4 Å². The predicted molar refractivity (Wildman–Crippen MR) is 121 cm³/mol. The number of carboxylic acids is 2. The molecule has 1 heterocycles. The average Bonchev–Trinajstić information content (AvgIpc) is 3.25. The number of H-pyrrole nitrogens is 1. The van der Waals surface area contributed by atoms with Crippen LogP contribution in [0.3, 0.4) is 0 Å². The van der Waals surface area contributed by atoms with Gasteiger partial charge in [-0.05, 0) is 53.8 Å². The van der Waals surface area contributed by atoms with Gasteiger partial charge in [-0.3, -0.25) is 9.59 Å². The fourth-order valence-corrected chi connectivity index (χ4v) is 3.61. The number of halogens is 1. The number of hydrogen-bond acceptors (Lipinski definition) is 3. The third-order valence-corrected chi connectivity index (χ3v) is 5.38. The predicted octanol–water partition coefficient (Wildman–Crippen LogP) is 4.49. The highest BCUT2D eigenvalue weighted by Crippen LogP contribution is 2.24. The topological polar surface area (TPSA) is 119 Å². The zero-order valence-electron chi connectivity index (χ0n) is 17.3. The maximum absolute atomic E-state index is 12.6. The minimum absolute atomic E-state index is 0.0952. The van der Waals surface area contributed by atoms with Crippen LogP contribution >= 0.6 is 11.6 Å². The number of amides is 1. The van der Waals surface area contributed by atoms with Gasteiger partial charge in [-0.15, -0.1) is 0 Å². The molecule has 0 aliphatic carbocycles. The van der Waals surface area contributed by atoms with E-state index in [1.807, 2.05) is 42.5 Å². The average molecular weight is 455 g/mol. The molecule has 0 aliphatic rings. The van der Waals surface area contributed by atoms with Crippen LogP contribution in [0.15, 0.2) is 60.7 Å². The number of hydrogen-bond donors (Lipinski definition) is 4. The van der Waals surface area contributed by atoms with Gasteiger partial charge in [-0.1, -0.05) is 54.9 Å². The van der Waals surface area contributed by atoms with E-state index in [0.717, 1.165) is 16.7 Å². The molecule has 3 aromatic rings.